The second kappa shape index (κ2) is 7.27. The van der Waals surface area contributed by atoms with Gasteiger partial charge in [0, 0.05) is 23.4 Å². The number of hydrogen-bond donors (Lipinski definition) is 2. The van der Waals surface area contributed by atoms with Crippen LogP contribution in [0.15, 0.2) is 41.3 Å². The number of rotatable bonds is 7. The van der Waals surface area contributed by atoms with Gasteiger partial charge in [0.25, 0.3) is 0 Å². The van der Waals surface area contributed by atoms with Crippen molar-refractivity contribution in [2.75, 3.05) is 13.2 Å². The second-order valence-electron chi connectivity index (χ2n) is 5.59. The van der Waals surface area contributed by atoms with Crippen LogP contribution in [-0.4, -0.2) is 43.4 Å². The third-order valence-corrected chi connectivity index (χ3v) is 4.20. The van der Waals surface area contributed by atoms with Gasteiger partial charge in [0.15, 0.2) is 0 Å². The molecule has 0 aliphatic rings. The molecule has 1 atom stereocenters. The van der Waals surface area contributed by atoms with Crippen molar-refractivity contribution >= 4 is 20.9 Å². The zero-order valence-corrected chi connectivity index (χ0v) is 13.8. The molecule has 0 unspecified atom stereocenters. The Balaban J connectivity index is 2.23. The van der Waals surface area contributed by atoms with Gasteiger partial charge in [0.2, 0.25) is 0 Å². The first kappa shape index (κ1) is 17.7. The van der Waals surface area contributed by atoms with E-state index in [4.69, 9.17) is 4.74 Å². The second-order valence-corrected chi connectivity index (χ2v) is 6.94. The van der Waals surface area contributed by atoms with Crippen molar-refractivity contribution in [3.8, 4) is 5.75 Å². The van der Waals surface area contributed by atoms with Crippen LogP contribution in [-0.2, 0) is 10.1 Å². The van der Waals surface area contributed by atoms with Crippen LogP contribution in [0.3, 0.4) is 0 Å². The van der Waals surface area contributed by atoms with Gasteiger partial charge in [-0.05, 0) is 12.1 Å². The SMILES string of the molecule is CC(C)NC[C@@H](O)COc1ccc(S(=O)(=O)[O-])c2ccccc12. The molecule has 0 bridgehead atoms. The van der Waals surface area contributed by atoms with Crippen molar-refractivity contribution in [1.29, 1.82) is 0 Å². The highest BCUT2D eigenvalue weighted by Gasteiger charge is 2.12. The fourth-order valence-corrected chi connectivity index (χ4v) is 2.89. The Labute approximate surface area is 135 Å². The maximum atomic E-state index is 11.3. The highest BCUT2D eigenvalue weighted by Crippen LogP contribution is 2.30. The molecule has 2 rings (SSSR count). The quantitative estimate of drug-likeness (QED) is 0.742. The van der Waals surface area contributed by atoms with Crippen LogP contribution in [0.1, 0.15) is 13.8 Å². The minimum absolute atomic E-state index is 0.0627. The third kappa shape index (κ3) is 4.65. The van der Waals surface area contributed by atoms with E-state index < -0.39 is 16.2 Å². The van der Waals surface area contributed by atoms with Gasteiger partial charge in [0.05, 0.1) is 4.90 Å². The molecule has 0 fully saturated rings. The molecule has 0 spiro atoms. The third-order valence-electron chi connectivity index (χ3n) is 3.31. The summed E-state index contributed by atoms with van der Waals surface area (Å²) in [6.45, 7) is 4.40. The molecule has 0 radical (unpaired) electrons. The largest absolute Gasteiger partial charge is 0.744 e. The lowest BCUT2D eigenvalue weighted by atomic mass is 10.1. The molecular weight excluding hydrogens is 318 g/mol. The fourth-order valence-electron chi connectivity index (χ4n) is 2.20. The van der Waals surface area contributed by atoms with E-state index in [1.807, 2.05) is 13.8 Å². The number of aliphatic hydroxyl groups excluding tert-OH is 1. The number of ether oxygens (including phenoxy) is 1. The topological polar surface area (TPSA) is 98.7 Å². The maximum Gasteiger partial charge on any atom is 0.127 e. The average molecular weight is 338 g/mol. The lowest BCUT2D eigenvalue weighted by Crippen LogP contribution is -2.35. The molecule has 0 aliphatic heterocycles. The van der Waals surface area contributed by atoms with Gasteiger partial charge < -0.3 is 19.7 Å². The molecule has 6 nitrogen and oxygen atoms in total. The highest BCUT2D eigenvalue weighted by molar-refractivity contribution is 7.86. The van der Waals surface area contributed by atoms with Crippen molar-refractivity contribution in [3.63, 3.8) is 0 Å². The first-order chi connectivity index (χ1) is 10.8. The minimum Gasteiger partial charge on any atom is -0.744 e. The van der Waals surface area contributed by atoms with Crippen LogP contribution < -0.4 is 10.1 Å². The Morgan fingerprint density at radius 1 is 1.17 bits per heavy atom. The maximum absolute atomic E-state index is 11.3. The van der Waals surface area contributed by atoms with E-state index in [9.17, 15) is 18.1 Å². The summed E-state index contributed by atoms with van der Waals surface area (Å²) >= 11 is 0. The summed E-state index contributed by atoms with van der Waals surface area (Å²) in [4.78, 5) is -0.275. The summed E-state index contributed by atoms with van der Waals surface area (Å²) < 4.78 is 39.6. The average Bonchev–Trinajstić information content (AvgIpc) is 2.49. The first-order valence-electron chi connectivity index (χ1n) is 7.31. The van der Waals surface area contributed by atoms with Crippen molar-refractivity contribution in [1.82, 2.24) is 5.32 Å². The summed E-state index contributed by atoms with van der Waals surface area (Å²) in [5.41, 5.74) is 0. The molecule has 0 saturated heterocycles. The van der Waals surface area contributed by atoms with Gasteiger partial charge >= 0.3 is 0 Å². The molecule has 2 aromatic rings. The molecule has 7 heteroatoms. The van der Waals surface area contributed by atoms with E-state index in [2.05, 4.69) is 5.32 Å². The normalized spacial score (nSPS) is 13.4. The summed E-state index contributed by atoms with van der Waals surface area (Å²) in [6, 6.07) is 9.55. The molecule has 0 saturated carbocycles. The summed E-state index contributed by atoms with van der Waals surface area (Å²) in [5, 5.41) is 13.8. The molecular formula is C16H20NO5S-. The number of benzene rings is 2. The zero-order chi connectivity index (χ0) is 17.0. The fraction of sp³-hybridized carbons (Fsp3) is 0.375. The van der Waals surface area contributed by atoms with Crippen molar-refractivity contribution in [2.45, 2.75) is 30.9 Å². The number of fused-ring (bicyclic) bond motifs is 1. The first-order valence-corrected chi connectivity index (χ1v) is 8.71. The number of aliphatic hydroxyl groups is 1. The van der Waals surface area contributed by atoms with Gasteiger partial charge in [-0.2, -0.15) is 0 Å². The lowest BCUT2D eigenvalue weighted by Gasteiger charge is -2.17. The monoisotopic (exact) mass is 338 g/mol. The predicted octanol–water partition coefficient (Wildman–Crippen LogP) is 1.48. The van der Waals surface area contributed by atoms with E-state index in [1.54, 1.807) is 24.3 Å². The summed E-state index contributed by atoms with van der Waals surface area (Å²) in [7, 11) is -4.56. The van der Waals surface area contributed by atoms with Crippen LogP contribution in [0.2, 0.25) is 0 Å². The van der Waals surface area contributed by atoms with Gasteiger partial charge in [-0.1, -0.05) is 38.1 Å². The minimum atomic E-state index is -4.56. The van der Waals surface area contributed by atoms with E-state index in [-0.39, 0.29) is 17.5 Å². The van der Waals surface area contributed by atoms with Crippen LogP contribution in [0.4, 0.5) is 0 Å². The molecule has 2 N–H and O–H groups in total. The van der Waals surface area contributed by atoms with Crippen LogP contribution in [0, 0.1) is 0 Å². The Bertz CT molecular complexity index is 773. The highest BCUT2D eigenvalue weighted by atomic mass is 32.2. The van der Waals surface area contributed by atoms with Gasteiger partial charge in [0.1, 0.15) is 28.6 Å². The van der Waals surface area contributed by atoms with Gasteiger partial charge in [-0.15, -0.1) is 0 Å². The molecule has 23 heavy (non-hydrogen) atoms. The Hall–Kier alpha value is -1.67. The number of nitrogens with one attached hydrogen (secondary N) is 1. The van der Waals surface area contributed by atoms with E-state index in [0.29, 0.717) is 23.1 Å². The van der Waals surface area contributed by atoms with Crippen LogP contribution >= 0.6 is 0 Å². The molecule has 0 heterocycles. The molecule has 2 aromatic carbocycles. The Morgan fingerprint density at radius 3 is 2.43 bits per heavy atom. The van der Waals surface area contributed by atoms with Crippen LogP contribution in [0.5, 0.6) is 5.75 Å². The van der Waals surface area contributed by atoms with Crippen molar-refractivity contribution in [3.05, 3.63) is 36.4 Å². The molecule has 0 aromatic heterocycles. The lowest BCUT2D eigenvalue weighted by molar-refractivity contribution is 0.105. The van der Waals surface area contributed by atoms with E-state index >= 15 is 0 Å². The summed E-state index contributed by atoms with van der Waals surface area (Å²) in [6.07, 6.45) is -0.695. The predicted molar refractivity (Wildman–Crippen MR) is 86.6 cm³/mol. The summed E-state index contributed by atoms with van der Waals surface area (Å²) in [5.74, 6) is 0.427. The van der Waals surface area contributed by atoms with E-state index in [0.717, 1.165) is 0 Å². The molecule has 0 aliphatic carbocycles. The van der Waals surface area contributed by atoms with Gasteiger partial charge in [-0.3, -0.25) is 0 Å². The van der Waals surface area contributed by atoms with Crippen molar-refractivity contribution < 1.29 is 22.8 Å². The molecule has 0 amide bonds. The standard InChI is InChI=1S/C16H21NO5S/c1-11(2)17-9-12(18)10-22-15-7-8-16(23(19,20)21)14-6-4-3-5-13(14)15/h3-8,11-12,17-18H,9-10H2,1-2H3,(H,19,20,21)/p-1/t12-/m1/s1. The smallest absolute Gasteiger partial charge is 0.127 e. The Morgan fingerprint density at radius 2 is 1.83 bits per heavy atom. The van der Waals surface area contributed by atoms with Gasteiger partial charge in [-0.25, -0.2) is 8.42 Å². The zero-order valence-electron chi connectivity index (χ0n) is 13.0. The number of hydrogen-bond acceptors (Lipinski definition) is 6. The molecule has 126 valence electrons. The Kier molecular flexibility index (Phi) is 5.59. The van der Waals surface area contributed by atoms with Crippen molar-refractivity contribution in [2.24, 2.45) is 0 Å². The van der Waals surface area contributed by atoms with E-state index in [1.165, 1.54) is 12.1 Å². The van der Waals surface area contributed by atoms with Crippen LogP contribution in [0.25, 0.3) is 10.8 Å².